The van der Waals surface area contributed by atoms with E-state index in [4.69, 9.17) is 37.6 Å². The summed E-state index contributed by atoms with van der Waals surface area (Å²) in [4.78, 5) is 39.6. The molecule has 1 saturated heterocycles. The van der Waals surface area contributed by atoms with E-state index in [9.17, 15) is 24.6 Å². The lowest BCUT2D eigenvalue weighted by molar-refractivity contribution is -0.200. The number of ether oxygens (including phenoxy) is 7. The number of fused-ring (bicyclic) bond motifs is 7. The van der Waals surface area contributed by atoms with Crippen molar-refractivity contribution >= 4 is 29.2 Å². The van der Waals surface area contributed by atoms with Gasteiger partial charge in [0.1, 0.15) is 29.0 Å². The van der Waals surface area contributed by atoms with Gasteiger partial charge in [-0.3, -0.25) is 14.4 Å². The fourth-order valence-corrected chi connectivity index (χ4v) is 12.3. The SMILES string of the molecule is CC(=O)OC1CC2(C)C(c3ccoc3)CC3OC32C2(C)C(=O)C(O)=C3C(C)(C)C(=O)C=CC3(C)C12.COc1ccc2c(c1)OC1(O)COc3cc(OC)c(OC)cc3C1=C2. The van der Waals surface area contributed by atoms with Crippen molar-refractivity contribution in [3.8, 4) is 28.7 Å². The van der Waals surface area contributed by atoms with Crippen molar-refractivity contribution in [3.05, 3.63) is 89.1 Å². The highest BCUT2D eigenvalue weighted by atomic mass is 16.7. The number of benzene rings is 2. The standard InChI is InChI=1S/C28H32O7.C19H18O6/c1-14(29)34-17-12-26(5)16(15-8-10-33-13-15)11-19-28(26,35-19)27(6)21(17)25(4)9-7-18(30)24(2,3)22(25)20(31)23(27)32;1-21-12-5-4-11-6-14-13-8-17(22-2)18(23-3)9-16(13)24-10-19(14,20)25-15(11)7-12/h7-10,13,16-17,19,21,31H,11-12H2,1-6H3;4-9,20H,10H2,1-3H3. The van der Waals surface area contributed by atoms with Gasteiger partial charge in [-0.1, -0.05) is 19.9 Å². The number of Topliss-reactive ketones (excluding diaryl/α,β-unsaturated/α-hetero) is 1. The number of aliphatic hydroxyl groups excluding tert-OH is 1. The van der Waals surface area contributed by atoms with Crippen molar-refractivity contribution in [3.63, 3.8) is 0 Å². The average molecular weight is 823 g/mol. The van der Waals surface area contributed by atoms with E-state index in [1.54, 1.807) is 78.1 Å². The molecule has 0 amide bonds. The van der Waals surface area contributed by atoms with E-state index < -0.39 is 56.8 Å². The summed E-state index contributed by atoms with van der Waals surface area (Å²) in [5.74, 6) is -0.497. The number of hydrogen-bond donors (Lipinski definition) is 2. The predicted octanol–water partition coefficient (Wildman–Crippen LogP) is 7.16. The lowest BCUT2D eigenvalue weighted by Gasteiger charge is -2.64. The zero-order valence-corrected chi connectivity index (χ0v) is 35.2. The molecule has 316 valence electrons. The molecule has 0 bridgehead atoms. The maximum Gasteiger partial charge on any atom is 0.302 e. The molecule has 0 radical (unpaired) electrons. The van der Waals surface area contributed by atoms with Crippen LogP contribution in [0.2, 0.25) is 0 Å². The topological polar surface area (TPSA) is 173 Å². The summed E-state index contributed by atoms with van der Waals surface area (Å²) in [7, 11) is 4.71. The van der Waals surface area contributed by atoms with Crippen molar-refractivity contribution in [1.29, 1.82) is 0 Å². The average Bonchev–Trinajstić information content (AvgIpc) is 3.57. The number of furan rings is 1. The van der Waals surface area contributed by atoms with Gasteiger partial charge in [-0.15, -0.1) is 0 Å². The fourth-order valence-electron chi connectivity index (χ4n) is 12.3. The van der Waals surface area contributed by atoms with Gasteiger partial charge in [0.05, 0.1) is 50.8 Å². The second kappa shape index (κ2) is 13.0. The number of aliphatic hydroxyl groups is 2. The van der Waals surface area contributed by atoms with Crippen LogP contribution in [0.1, 0.15) is 77.0 Å². The molecule has 3 aromatic rings. The maximum atomic E-state index is 14.3. The van der Waals surface area contributed by atoms with Gasteiger partial charge in [0.25, 0.3) is 5.79 Å². The van der Waals surface area contributed by atoms with Crippen LogP contribution in [-0.4, -0.2) is 79.3 Å². The van der Waals surface area contributed by atoms with E-state index in [1.807, 2.05) is 38.1 Å². The number of allylic oxidation sites excluding steroid dienone is 4. The Labute approximate surface area is 347 Å². The Morgan fingerprint density at radius 3 is 2.33 bits per heavy atom. The van der Waals surface area contributed by atoms with Gasteiger partial charge in [-0.2, -0.15) is 0 Å². The van der Waals surface area contributed by atoms with Gasteiger partial charge in [-0.05, 0) is 87.1 Å². The van der Waals surface area contributed by atoms with Gasteiger partial charge in [-0.25, -0.2) is 0 Å². The molecule has 1 spiro atoms. The van der Waals surface area contributed by atoms with E-state index >= 15 is 0 Å². The molecule has 2 N–H and O–H groups in total. The van der Waals surface area contributed by atoms with Gasteiger partial charge in [0.15, 0.2) is 29.6 Å². The number of hydrogen-bond acceptors (Lipinski definition) is 13. The number of methoxy groups -OCH3 is 3. The first kappa shape index (κ1) is 39.9. The molecule has 7 aliphatic rings. The molecule has 10 rings (SSSR count). The molecule has 1 aromatic heterocycles. The number of epoxide rings is 1. The molecule has 9 unspecified atom stereocenters. The Balaban J connectivity index is 0.000000163. The quantitative estimate of drug-likeness (QED) is 0.196. The largest absolute Gasteiger partial charge is 0.504 e. The van der Waals surface area contributed by atoms with Crippen molar-refractivity contribution in [1.82, 2.24) is 0 Å². The van der Waals surface area contributed by atoms with Gasteiger partial charge >= 0.3 is 5.97 Å². The van der Waals surface area contributed by atoms with Gasteiger partial charge < -0.3 is 47.8 Å². The Kier molecular flexibility index (Phi) is 8.64. The summed E-state index contributed by atoms with van der Waals surface area (Å²) in [6.45, 7) is 10.8. The normalized spacial score (nSPS) is 35.8. The van der Waals surface area contributed by atoms with Gasteiger partial charge in [0.2, 0.25) is 5.78 Å². The molecular weight excluding hydrogens is 773 g/mol. The molecule has 60 heavy (non-hydrogen) atoms. The minimum atomic E-state index is -1.58. The zero-order chi connectivity index (χ0) is 42.9. The second-order valence-electron chi connectivity index (χ2n) is 18.1. The molecule has 4 heterocycles. The van der Waals surface area contributed by atoms with Crippen LogP contribution in [0.25, 0.3) is 11.6 Å². The summed E-state index contributed by atoms with van der Waals surface area (Å²) in [5.41, 5.74) is -0.889. The van der Waals surface area contributed by atoms with Crippen molar-refractivity contribution in [2.75, 3.05) is 27.9 Å². The van der Waals surface area contributed by atoms with Crippen LogP contribution in [-0.2, 0) is 23.9 Å². The smallest absolute Gasteiger partial charge is 0.302 e. The lowest BCUT2D eigenvalue weighted by Crippen LogP contribution is -2.70. The van der Waals surface area contributed by atoms with E-state index in [0.717, 1.165) is 11.1 Å². The highest BCUT2D eigenvalue weighted by Gasteiger charge is 2.89. The van der Waals surface area contributed by atoms with Gasteiger partial charge in [0, 0.05) is 52.5 Å². The van der Waals surface area contributed by atoms with E-state index in [1.165, 1.54) is 6.92 Å². The third-order valence-corrected chi connectivity index (χ3v) is 14.8. The Hall–Kier alpha value is -5.53. The van der Waals surface area contributed by atoms with Crippen LogP contribution < -0.4 is 23.7 Å². The predicted molar refractivity (Wildman–Crippen MR) is 216 cm³/mol. The highest BCUT2D eigenvalue weighted by molar-refractivity contribution is 6.06. The van der Waals surface area contributed by atoms with Crippen LogP contribution in [0.15, 0.2) is 76.8 Å². The minimum Gasteiger partial charge on any atom is -0.504 e. The molecule has 13 nitrogen and oxygen atoms in total. The maximum absolute atomic E-state index is 14.3. The summed E-state index contributed by atoms with van der Waals surface area (Å²) in [6, 6.07) is 10.9. The monoisotopic (exact) mass is 822 g/mol. The number of carbonyl (C=O) groups excluding carboxylic acids is 3. The van der Waals surface area contributed by atoms with Crippen LogP contribution in [0.5, 0.6) is 28.7 Å². The summed E-state index contributed by atoms with van der Waals surface area (Å²) >= 11 is 0. The van der Waals surface area contributed by atoms with Crippen LogP contribution in [0, 0.1) is 27.6 Å². The lowest BCUT2D eigenvalue weighted by atomic mass is 9.38. The molecule has 2 aromatic carbocycles. The van der Waals surface area contributed by atoms with Crippen molar-refractivity contribution < 1.29 is 62.2 Å². The first-order chi connectivity index (χ1) is 28.3. The van der Waals surface area contributed by atoms with E-state index in [2.05, 4.69) is 6.92 Å². The molecule has 9 atom stereocenters. The zero-order valence-electron chi connectivity index (χ0n) is 35.2. The Morgan fingerprint density at radius 1 is 0.933 bits per heavy atom. The summed E-state index contributed by atoms with van der Waals surface area (Å²) in [6.07, 6.45) is 9.07. The fraction of sp³-hybridized carbons (Fsp3) is 0.468. The van der Waals surface area contributed by atoms with Crippen LogP contribution >= 0.6 is 0 Å². The van der Waals surface area contributed by atoms with E-state index in [0.29, 0.717) is 58.3 Å². The molecule has 13 heteroatoms. The summed E-state index contributed by atoms with van der Waals surface area (Å²) in [5, 5.41) is 22.5. The van der Waals surface area contributed by atoms with E-state index in [-0.39, 0.29) is 30.2 Å². The van der Waals surface area contributed by atoms with Crippen molar-refractivity contribution in [2.45, 2.75) is 83.9 Å². The first-order valence-electron chi connectivity index (χ1n) is 20.1. The highest BCUT2D eigenvalue weighted by Crippen LogP contribution is 2.81. The Bertz CT molecular complexity index is 2440. The molecule has 4 aliphatic carbocycles. The third-order valence-electron chi connectivity index (χ3n) is 14.8. The van der Waals surface area contributed by atoms with Crippen molar-refractivity contribution in [2.24, 2.45) is 27.6 Å². The third kappa shape index (κ3) is 5.08. The molecule has 2 saturated carbocycles. The second-order valence-corrected chi connectivity index (χ2v) is 18.1. The summed E-state index contributed by atoms with van der Waals surface area (Å²) < 4.78 is 45.4. The number of rotatable bonds is 5. The number of ketones is 2. The van der Waals surface area contributed by atoms with Crippen LogP contribution in [0.3, 0.4) is 0 Å². The number of esters is 1. The molecule has 3 aliphatic heterocycles. The Morgan fingerprint density at radius 2 is 1.67 bits per heavy atom. The molecule has 3 fully saturated rings. The minimum absolute atomic E-state index is 0.0298. The van der Waals surface area contributed by atoms with Crippen LogP contribution in [0.4, 0.5) is 0 Å². The first-order valence-corrected chi connectivity index (χ1v) is 20.1. The number of carbonyl (C=O) groups is 3. The molecular formula is C47H50O13.